The molecule has 1 atom stereocenters. The van der Waals surface area contributed by atoms with Gasteiger partial charge in [0.1, 0.15) is 0 Å². The number of hydrogen-bond donors (Lipinski definition) is 2. The van der Waals surface area contributed by atoms with Crippen molar-refractivity contribution in [3.63, 3.8) is 0 Å². The lowest BCUT2D eigenvalue weighted by molar-refractivity contribution is 0.560. The van der Waals surface area contributed by atoms with Crippen LogP contribution in [0.2, 0.25) is 5.02 Å². The lowest BCUT2D eigenvalue weighted by atomic mass is 10.3. The van der Waals surface area contributed by atoms with Crippen LogP contribution < -0.4 is 10.0 Å². The summed E-state index contributed by atoms with van der Waals surface area (Å²) < 4.78 is 27.4. The van der Waals surface area contributed by atoms with Crippen molar-refractivity contribution in [1.82, 2.24) is 10.0 Å². The highest BCUT2D eigenvalue weighted by Crippen LogP contribution is 2.25. The molecule has 1 fully saturated rings. The van der Waals surface area contributed by atoms with Crippen molar-refractivity contribution in [2.45, 2.75) is 17.4 Å². The minimum atomic E-state index is -3.48. The summed E-state index contributed by atoms with van der Waals surface area (Å²) in [6, 6.07) is 4.56. The summed E-state index contributed by atoms with van der Waals surface area (Å²) >= 11 is 9.11. The van der Waals surface area contributed by atoms with E-state index in [4.69, 9.17) is 11.6 Å². The lowest BCUT2D eigenvalue weighted by Crippen LogP contribution is -2.36. The molecule has 1 aromatic carbocycles. The van der Waals surface area contributed by atoms with Crippen molar-refractivity contribution in [1.29, 1.82) is 0 Å². The Hall–Kier alpha value is -0.140. The van der Waals surface area contributed by atoms with Gasteiger partial charge < -0.3 is 5.32 Å². The monoisotopic (exact) mass is 338 g/mol. The molecular formula is C10H12BrClN2O2S. The van der Waals surface area contributed by atoms with E-state index >= 15 is 0 Å². The third kappa shape index (κ3) is 3.20. The first kappa shape index (κ1) is 13.3. The minimum absolute atomic E-state index is 0.0394. The molecule has 1 saturated heterocycles. The molecule has 0 aliphatic carbocycles. The summed E-state index contributed by atoms with van der Waals surface area (Å²) in [6.45, 7) is 1.51. The van der Waals surface area contributed by atoms with Crippen LogP contribution in [0.5, 0.6) is 0 Å². The van der Waals surface area contributed by atoms with Crippen LogP contribution in [0.1, 0.15) is 6.42 Å². The zero-order valence-electron chi connectivity index (χ0n) is 8.91. The van der Waals surface area contributed by atoms with E-state index in [0.717, 1.165) is 13.0 Å². The minimum Gasteiger partial charge on any atom is -0.315 e. The summed E-state index contributed by atoms with van der Waals surface area (Å²) in [5.41, 5.74) is 0. The van der Waals surface area contributed by atoms with Gasteiger partial charge >= 0.3 is 0 Å². The van der Waals surface area contributed by atoms with Gasteiger partial charge in [0.2, 0.25) is 10.0 Å². The largest absolute Gasteiger partial charge is 0.315 e. The van der Waals surface area contributed by atoms with Crippen LogP contribution in [-0.4, -0.2) is 27.5 Å². The molecule has 0 aromatic heterocycles. The van der Waals surface area contributed by atoms with Crippen LogP contribution >= 0.6 is 27.5 Å². The van der Waals surface area contributed by atoms with E-state index in [1.54, 1.807) is 6.07 Å². The second kappa shape index (κ2) is 5.24. The fourth-order valence-electron chi connectivity index (χ4n) is 1.69. The molecular weight excluding hydrogens is 328 g/mol. The van der Waals surface area contributed by atoms with E-state index in [1.807, 2.05) is 0 Å². The van der Waals surface area contributed by atoms with Gasteiger partial charge in [0.15, 0.2) is 0 Å². The quantitative estimate of drug-likeness (QED) is 0.882. The Morgan fingerprint density at radius 1 is 1.47 bits per heavy atom. The number of halogens is 2. The first-order chi connectivity index (χ1) is 7.99. The van der Waals surface area contributed by atoms with Crippen LogP contribution in [0.4, 0.5) is 0 Å². The maximum absolute atomic E-state index is 12.0. The van der Waals surface area contributed by atoms with Gasteiger partial charge in [-0.05, 0) is 47.1 Å². The predicted octanol–water partition coefficient (Wildman–Crippen LogP) is 1.74. The van der Waals surface area contributed by atoms with Crippen LogP contribution in [0, 0.1) is 0 Å². The predicted molar refractivity (Wildman–Crippen MR) is 70.7 cm³/mol. The Morgan fingerprint density at radius 2 is 2.24 bits per heavy atom. The van der Waals surface area contributed by atoms with Gasteiger partial charge in [0, 0.05) is 17.1 Å². The summed E-state index contributed by atoms with van der Waals surface area (Å²) in [6.07, 6.45) is 0.809. The standard InChI is InChI=1S/C10H12BrClN2O2S/c11-9-2-1-8(5-10(9)12)17(15,16)14-7-3-4-13-6-7/h1-2,5,7,13-14H,3-4,6H2/t7-/m1/s1. The van der Waals surface area contributed by atoms with E-state index in [2.05, 4.69) is 26.0 Å². The molecule has 1 aromatic rings. The number of sulfonamides is 1. The molecule has 17 heavy (non-hydrogen) atoms. The van der Waals surface area contributed by atoms with Gasteiger partial charge in [-0.25, -0.2) is 13.1 Å². The molecule has 0 saturated carbocycles. The Bertz CT molecular complexity index is 515. The zero-order valence-corrected chi connectivity index (χ0v) is 12.1. The van der Waals surface area contributed by atoms with E-state index in [1.165, 1.54) is 12.1 Å². The van der Waals surface area contributed by atoms with Crippen LogP contribution in [0.15, 0.2) is 27.6 Å². The van der Waals surface area contributed by atoms with Crippen LogP contribution in [0.3, 0.4) is 0 Å². The first-order valence-corrected chi connectivity index (χ1v) is 7.82. The molecule has 0 unspecified atom stereocenters. The molecule has 0 spiro atoms. The Labute approximate surface area is 114 Å². The van der Waals surface area contributed by atoms with Crippen molar-refractivity contribution < 1.29 is 8.42 Å². The molecule has 94 valence electrons. The molecule has 0 radical (unpaired) electrons. The fraction of sp³-hybridized carbons (Fsp3) is 0.400. The number of rotatable bonds is 3. The normalized spacial score (nSPS) is 20.7. The summed E-state index contributed by atoms with van der Waals surface area (Å²) in [4.78, 5) is 0.192. The van der Waals surface area contributed by atoms with Gasteiger partial charge in [-0.2, -0.15) is 0 Å². The summed E-state index contributed by atoms with van der Waals surface area (Å²) in [7, 11) is -3.48. The molecule has 0 amide bonds. The van der Waals surface area contributed by atoms with E-state index in [9.17, 15) is 8.42 Å². The van der Waals surface area contributed by atoms with Gasteiger partial charge in [0.05, 0.1) is 9.92 Å². The van der Waals surface area contributed by atoms with Crippen molar-refractivity contribution in [2.75, 3.05) is 13.1 Å². The van der Waals surface area contributed by atoms with Crippen molar-refractivity contribution in [3.8, 4) is 0 Å². The third-order valence-electron chi connectivity index (χ3n) is 2.58. The Balaban J connectivity index is 2.21. The molecule has 2 N–H and O–H groups in total. The zero-order chi connectivity index (χ0) is 12.5. The fourth-order valence-corrected chi connectivity index (χ4v) is 3.47. The van der Waals surface area contributed by atoms with Gasteiger partial charge in [-0.3, -0.25) is 0 Å². The van der Waals surface area contributed by atoms with E-state index in [0.29, 0.717) is 16.0 Å². The van der Waals surface area contributed by atoms with Gasteiger partial charge in [-0.15, -0.1) is 0 Å². The third-order valence-corrected chi connectivity index (χ3v) is 5.33. The number of hydrogen-bond acceptors (Lipinski definition) is 3. The van der Waals surface area contributed by atoms with Crippen molar-refractivity contribution in [3.05, 3.63) is 27.7 Å². The van der Waals surface area contributed by atoms with Crippen molar-refractivity contribution >= 4 is 37.6 Å². The van der Waals surface area contributed by atoms with Gasteiger partial charge in [0.25, 0.3) is 0 Å². The smallest absolute Gasteiger partial charge is 0.240 e. The summed E-state index contributed by atoms with van der Waals surface area (Å²) in [5, 5.41) is 3.49. The number of benzene rings is 1. The average Bonchev–Trinajstić information content (AvgIpc) is 2.73. The van der Waals surface area contributed by atoms with E-state index < -0.39 is 10.0 Å². The highest BCUT2D eigenvalue weighted by atomic mass is 79.9. The first-order valence-electron chi connectivity index (χ1n) is 5.17. The summed E-state index contributed by atoms with van der Waals surface area (Å²) in [5.74, 6) is 0. The molecule has 1 aliphatic rings. The molecule has 4 nitrogen and oxygen atoms in total. The van der Waals surface area contributed by atoms with Gasteiger partial charge in [-0.1, -0.05) is 11.6 Å². The highest BCUT2D eigenvalue weighted by molar-refractivity contribution is 9.10. The molecule has 1 aliphatic heterocycles. The Morgan fingerprint density at radius 3 is 2.82 bits per heavy atom. The Kier molecular flexibility index (Phi) is 4.10. The maximum Gasteiger partial charge on any atom is 0.240 e. The second-order valence-electron chi connectivity index (χ2n) is 3.89. The topological polar surface area (TPSA) is 58.2 Å². The molecule has 2 rings (SSSR count). The average molecular weight is 340 g/mol. The second-order valence-corrected chi connectivity index (χ2v) is 6.86. The molecule has 1 heterocycles. The maximum atomic E-state index is 12.0. The highest BCUT2D eigenvalue weighted by Gasteiger charge is 2.22. The van der Waals surface area contributed by atoms with Crippen LogP contribution in [0.25, 0.3) is 0 Å². The van der Waals surface area contributed by atoms with Crippen LogP contribution in [-0.2, 0) is 10.0 Å². The van der Waals surface area contributed by atoms with E-state index in [-0.39, 0.29) is 10.9 Å². The lowest BCUT2D eigenvalue weighted by Gasteiger charge is -2.12. The molecule has 0 bridgehead atoms. The van der Waals surface area contributed by atoms with Crippen molar-refractivity contribution in [2.24, 2.45) is 0 Å². The number of nitrogens with one attached hydrogen (secondary N) is 2. The molecule has 7 heteroatoms. The SMILES string of the molecule is O=S(=O)(N[C@@H]1CCNC1)c1ccc(Br)c(Cl)c1.